The van der Waals surface area contributed by atoms with E-state index in [1.54, 1.807) is 37.7 Å². The third kappa shape index (κ3) is 15.2. The standard InChI is InChI=1S/C37H42N10O9S.C5H10N2O.2C2H6.CH5N/c1-21-14-28(56-43-21)35(52)42-37-41-25-17-23(34(38)51)18-27(55-13-7-9-44(3)29(49)8-12-47(53)30(50)19-31(47)57)33(25)46(37)11-6-5-10-45-32-24(40-36(45)39-2)15-22(20-48)16-26(32)54-4;1-3-7(6)5(2)4-8;3*1-2/h5-6,14-18,20,31,57H,7-13,19H2,1-4H3,(H2,38,51)(H,39,40)(H,41,42,52);4H,2-3,6H2,1H3;2*1-2H3;2H2,1H3/b6-5+;;;;. The highest BCUT2D eigenvalue weighted by atomic mass is 32.1. The highest BCUT2D eigenvalue weighted by molar-refractivity contribution is 7.80. The Labute approximate surface area is 418 Å². The molecule has 0 aliphatic carbocycles. The van der Waals surface area contributed by atoms with Crippen LogP contribution in [0.2, 0.25) is 0 Å². The van der Waals surface area contributed by atoms with E-state index in [9.17, 15) is 34.0 Å². The van der Waals surface area contributed by atoms with Crippen molar-refractivity contribution in [2.75, 3.05) is 65.1 Å². The van der Waals surface area contributed by atoms with Crippen LogP contribution in [0.1, 0.15) is 90.8 Å². The molecule has 1 saturated heterocycles. The van der Waals surface area contributed by atoms with Gasteiger partial charge in [0.1, 0.15) is 35.2 Å². The number of β-lactam (4-membered cyclic amide) rings is 1. The van der Waals surface area contributed by atoms with Gasteiger partial charge in [0.25, 0.3) is 5.91 Å². The molecule has 4 amide bonds. The highest BCUT2D eigenvalue weighted by Gasteiger charge is 2.46. The lowest BCUT2D eigenvalue weighted by molar-refractivity contribution is -0.841. The zero-order chi connectivity index (χ0) is 53.6. The first-order valence-electron chi connectivity index (χ1n) is 22.9. The Hall–Kier alpha value is -7.12. The number of hydrogen-bond acceptors (Lipinski definition) is 18. The van der Waals surface area contributed by atoms with Crippen LogP contribution in [0.25, 0.3) is 22.1 Å². The summed E-state index contributed by atoms with van der Waals surface area (Å²) in [5, 5.41) is 22.8. The van der Waals surface area contributed by atoms with Crippen molar-refractivity contribution < 1.29 is 47.4 Å². The van der Waals surface area contributed by atoms with E-state index < -0.39 is 27.7 Å². The summed E-state index contributed by atoms with van der Waals surface area (Å²) < 4.78 is 19.4. The summed E-state index contributed by atoms with van der Waals surface area (Å²) in [6, 6.07) is 7.76. The van der Waals surface area contributed by atoms with Crippen molar-refractivity contribution in [1.82, 2.24) is 34.2 Å². The number of likely N-dealkylation sites (N-methyl/N-ethyl adjacent to an activating group) is 1. The molecular formula is C47H69N13O10S. The molecule has 0 saturated carbocycles. The largest absolute Gasteiger partial charge is 0.624 e. The number of amides is 4. The number of nitrogens with zero attached hydrogens (tertiary/aromatic N) is 8. The predicted octanol–water partition coefficient (Wildman–Crippen LogP) is 4.79. The van der Waals surface area contributed by atoms with Crippen LogP contribution in [0.5, 0.6) is 11.5 Å². The van der Waals surface area contributed by atoms with Crippen LogP contribution in [0, 0.1) is 12.1 Å². The third-order valence-corrected chi connectivity index (χ3v) is 11.0. The minimum atomic E-state index is -1.11. The molecule has 1 aliphatic heterocycles. The lowest BCUT2D eigenvalue weighted by Gasteiger charge is -2.50. The first-order chi connectivity index (χ1) is 34.0. The van der Waals surface area contributed by atoms with Crippen molar-refractivity contribution in [2.45, 2.75) is 79.3 Å². The maximum Gasteiger partial charge on any atom is 0.321 e. The molecule has 1 fully saturated rings. The molecule has 71 heavy (non-hydrogen) atoms. The van der Waals surface area contributed by atoms with Gasteiger partial charge in [-0.1, -0.05) is 51.6 Å². The molecule has 6 rings (SSSR count). The van der Waals surface area contributed by atoms with Gasteiger partial charge < -0.3 is 55.0 Å². The Balaban J connectivity index is 0.00000110. The predicted molar refractivity (Wildman–Crippen MR) is 276 cm³/mol. The van der Waals surface area contributed by atoms with Crippen LogP contribution in [-0.4, -0.2) is 135 Å². The Morgan fingerprint density at radius 1 is 1.01 bits per heavy atom. The molecule has 1 aliphatic rings. The van der Waals surface area contributed by atoms with Crippen LogP contribution < -0.4 is 37.4 Å². The van der Waals surface area contributed by atoms with Gasteiger partial charge in [-0.05, 0) is 51.6 Å². The number of hydrogen-bond donors (Lipinski definition) is 6. The van der Waals surface area contributed by atoms with Gasteiger partial charge in [0.15, 0.2) is 11.7 Å². The number of aldehydes is 2. The number of aryl methyl sites for hydroxylation is 1. The van der Waals surface area contributed by atoms with Gasteiger partial charge in [0, 0.05) is 57.5 Å². The molecule has 24 heteroatoms. The molecular weight excluding hydrogens is 939 g/mol. The molecule has 5 aromatic rings. The first-order valence-corrected chi connectivity index (χ1v) is 23.4. The number of hydrazine groups is 1. The molecule has 0 spiro atoms. The molecule has 4 heterocycles. The smallest absolute Gasteiger partial charge is 0.321 e. The second-order valence-corrected chi connectivity index (χ2v) is 15.4. The summed E-state index contributed by atoms with van der Waals surface area (Å²) in [5.74, 6) is 4.43. The molecule has 0 radical (unpaired) electrons. The third-order valence-electron chi connectivity index (χ3n) is 10.4. The number of hydroxylamine groups is 3. The zero-order valence-electron chi connectivity index (χ0n) is 42.2. The summed E-state index contributed by atoms with van der Waals surface area (Å²) in [5.41, 5.74) is 13.5. The number of rotatable bonds is 21. The highest BCUT2D eigenvalue weighted by Crippen LogP contribution is 2.34. The normalized spacial score (nSPS) is 14.5. The average molecular weight is 1010 g/mol. The Morgan fingerprint density at radius 2 is 1.62 bits per heavy atom. The van der Waals surface area contributed by atoms with Gasteiger partial charge in [-0.15, -0.1) is 12.6 Å². The number of nitrogens with one attached hydrogen (secondary N) is 2. The number of primary amides is 1. The van der Waals surface area contributed by atoms with Gasteiger partial charge in [-0.2, -0.15) is 0 Å². The number of carbonyl (C=O) groups is 6. The molecule has 0 bridgehead atoms. The Kier molecular flexibility index (Phi) is 24.6. The molecule has 3 aromatic heterocycles. The van der Waals surface area contributed by atoms with Gasteiger partial charge in [0.05, 0.1) is 49.1 Å². The van der Waals surface area contributed by atoms with E-state index in [-0.39, 0.29) is 68.0 Å². The number of thiol groups is 1. The maximum absolute atomic E-state index is 13.2. The summed E-state index contributed by atoms with van der Waals surface area (Å²) in [7, 11) is 6.34. The maximum atomic E-state index is 13.2. The van der Waals surface area contributed by atoms with Crippen molar-refractivity contribution in [2.24, 2.45) is 17.3 Å². The van der Waals surface area contributed by atoms with Crippen molar-refractivity contribution >= 4 is 82.8 Å². The van der Waals surface area contributed by atoms with E-state index in [2.05, 4.69) is 50.7 Å². The number of ether oxygens (including phenoxy) is 2. The number of imidazole rings is 2. The number of nitrogens with two attached hydrogens (primary N) is 3. The molecule has 388 valence electrons. The second kappa shape index (κ2) is 29.2. The molecule has 2 atom stereocenters. The second-order valence-electron chi connectivity index (χ2n) is 14.8. The number of methoxy groups -OCH3 is 1. The van der Waals surface area contributed by atoms with Crippen molar-refractivity contribution in [3.8, 4) is 11.5 Å². The molecule has 23 nitrogen and oxygen atoms in total. The van der Waals surface area contributed by atoms with Gasteiger partial charge >= 0.3 is 5.91 Å². The number of fused-ring (bicyclic) bond motifs is 2. The Morgan fingerprint density at radius 3 is 2.13 bits per heavy atom. The van der Waals surface area contributed by atoms with Crippen LogP contribution in [0.15, 0.2) is 59.3 Å². The van der Waals surface area contributed by atoms with Crippen molar-refractivity contribution in [3.05, 3.63) is 82.5 Å². The first kappa shape index (κ1) is 60.0. The molecule has 8 N–H and O–H groups in total. The van der Waals surface area contributed by atoms with E-state index in [1.165, 1.54) is 42.3 Å². The van der Waals surface area contributed by atoms with E-state index >= 15 is 0 Å². The number of likely N-dealkylation sites (tertiary alicyclic amines) is 1. The number of benzene rings is 2. The van der Waals surface area contributed by atoms with Gasteiger partial charge in [-0.25, -0.2) is 20.6 Å². The van der Waals surface area contributed by atoms with Gasteiger partial charge in [0.2, 0.25) is 29.5 Å². The number of quaternary nitrogens is 1. The number of carbonyl (C=O) groups excluding carboxylic acids is 6. The van der Waals surface area contributed by atoms with Crippen molar-refractivity contribution in [3.63, 3.8) is 0 Å². The van der Waals surface area contributed by atoms with Gasteiger partial charge in [-0.3, -0.25) is 33.9 Å². The average Bonchev–Trinajstić information content (AvgIpc) is 4.10. The monoisotopic (exact) mass is 1010 g/mol. The van der Waals surface area contributed by atoms with Crippen LogP contribution in [0.4, 0.5) is 11.9 Å². The van der Waals surface area contributed by atoms with Crippen LogP contribution in [-0.2, 0) is 27.5 Å². The molecule has 2 aromatic carbocycles. The SMILES string of the molecule is C=C(C=O)N(N)CC.CC.CC.CN.CNc1nc2cc(C=O)cc(OC)c2n1C/C=C/Cn1c(NC(=O)c2cc(C)no2)nc2cc(C(N)=O)cc(OCCCN(C)C(=O)CC[N+]3([O-])C(=O)CC3S)c21. The minimum absolute atomic E-state index is 0.0398. The van der Waals surface area contributed by atoms with E-state index in [1.807, 2.05) is 51.3 Å². The van der Waals surface area contributed by atoms with Crippen molar-refractivity contribution in [1.29, 1.82) is 0 Å². The summed E-state index contributed by atoms with van der Waals surface area (Å²) in [6.07, 6.45) is 5.42. The lowest BCUT2D eigenvalue weighted by Crippen LogP contribution is -2.63. The van der Waals surface area contributed by atoms with Crippen LogP contribution in [0.3, 0.4) is 0 Å². The van der Waals surface area contributed by atoms with E-state index in [4.69, 9.17) is 25.6 Å². The fourth-order valence-electron chi connectivity index (χ4n) is 6.71. The fourth-order valence-corrected chi connectivity index (χ4v) is 7.11. The quantitative estimate of drug-likeness (QED) is 0.00550. The summed E-state index contributed by atoms with van der Waals surface area (Å²) in [6.45, 7) is 16.2. The minimum Gasteiger partial charge on any atom is -0.624 e. The number of allylic oxidation sites excluding steroid dienone is 3. The fraction of sp³-hybridized carbons (Fsp3) is 0.426. The lowest BCUT2D eigenvalue weighted by atomic mass is 10.1. The van der Waals surface area contributed by atoms with E-state index in [0.29, 0.717) is 76.5 Å². The Bertz CT molecular complexity index is 2640. The zero-order valence-corrected chi connectivity index (χ0v) is 43.1. The van der Waals surface area contributed by atoms with E-state index in [0.717, 1.165) is 6.29 Å². The molecule has 2 unspecified atom stereocenters. The van der Waals surface area contributed by atoms with Crippen LogP contribution >= 0.6 is 12.6 Å². The summed E-state index contributed by atoms with van der Waals surface area (Å²) >= 11 is 4.15. The topological polar surface area (TPSA) is 314 Å². The number of aromatic nitrogens is 5. The summed E-state index contributed by atoms with van der Waals surface area (Å²) in [4.78, 5) is 82.3. The number of anilines is 2.